The lowest BCUT2D eigenvalue weighted by Gasteiger charge is -2.19. The van der Waals surface area contributed by atoms with E-state index in [9.17, 15) is 0 Å². The minimum Gasteiger partial charge on any atom is -0.308 e. The zero-order chi connectivity index (χ0) is 11.7. The van der Waals surface area contributed by atoms with E-state index in [0.717, 1.165) is 25.2 Å². The molecule has 17 heavy (non-hydrogen) atoms. The second kappa shape index (κ2) is 5.04. The van der Waals surface area contributed by atoms with Crippen LogP contribution in [0.5, 0.6) is 0 Å². The molecule has 3 nitrogen and oxygen atoms in total. The van der Waals surface area contributed by atoms with Crippen molar-refractivity contribution in [3.8, 4) is 0 Å². The molecule has 0 radical (unpaired) electrons. The number of hydrogen-bond donors (Lipinski definition) is 1. The van der Waals surface area contributed by atoms with Crippen molar-refractivity contribution >= 4 is 11.3 Å². The summed E-state index contributed by atoms with van der Waals surface area (Å²) in [6, 6.07) is 1.52. The highest BCUT2D eigenvalue weighted by Crippen LogP contribution is 2.22. The predicted octanol–water partition coefficient (Wildman–Crippen LogP) is 2.38. The first-order valence-corrected chi connectivity index (χ1v) is 7.60. The number of nitrogens with one attached hydrogen (secondary N) is 1. The number of hydrogen-bond acceptors (Lipinski definition) is 4. The molecule has 3 rings (SSSR count). The molecule has 4 heteroatoms. The summed E-state index contributed by atoms with van der Waals surface area (Å²) in [5.74, 6) is 0. The van der Waals surface area contributed by atoms with Crippen molar-refractivity contribution in [3.63, 3.8) is 0 Å². The fourth-order valence-electron chi connectivity index (χ4n) is 2.46. The van der Waals surface area contributed by atoms with E-state index in [1.165, 1.54) is 42.9 Å². The Morgan fingerprint density at radius 1 is 1.47 bits per heavy atom. The molecule has 1 aliphatic carbocycles. The van der Waals surface area contributed by atoms with Crippen LogP contribution in [0.15, 0.2) is 5.38 Å². The van der Waals surface area contributed by atoms with Crippen molar-refractivity contribution in [3.05, 3.63) is 16.1 Å². The SMILES string of the molecule is CC1CCCN1Cc1csc(CNC2CC2)n1. The van der Waals surface area contributed by atoms with Crippen LogP contribution in [0.1, 0.15) is 43.3 Å². The Hall–Kier alpha value is -0.450. The second-order valence-corrected chi connectivity index (χ2v) is 6.29. The Kier molecular flexibility index (Phi) is 3.45. The number of likely N-dealkylation sites (tertiary alicyclic amines) is 1. The molecule has 1 unspecified atom stereocenters. The van der Waals surface area contributed by atoms with Crippen LogP contribution in [0, 0.1) is 0 Å². The van der Waals surface area contributed by atoms with E-state index < -0.39 is 0 Å². The summed E-state index contributed by atoms with van der Waals surface area (Å²) in [6.07, 6.45) is 5.40. The molecule has 1 N–H and O–H groups in total. The average Bonchev–Trinajstić information content (AvgIpc) is 2.92. The predicted molar refractivity (Wildman–Crippen MR) is 71.1 cm³/mol. The van der Waals surface area contributed by atoms with Gasteiger partial charge in [-0.15, -0.1) is 11.3 Å². The van der Waals surface area contributed by atoms with Gasteiger partial charge in [0.05, 0.1) is 5.69 Å². The lowest BCUT2D eigenvalue weighted by molar-refractivity contribution is 0.257. The molecule has 2 heterocycles. The van der Waals surface area contributed by atoms with E-state index >= 15 is 0 Å². The molecule has 2 aliphatic rings. The summed E-state index contributed by atoms with van der Waals surface area (Å²) in [5, 5.41) is 7.00. The van der Waals surface area contributed by atoms with Crippen LogP contribution in [-0.4, -0.2) is 28.5 Å². The first-order chi connectivity index (χ1) is 8.31. The van der Waals surface area contributed by atoms with Crippen molar-refractivity contribution in [2.45, 2.75) is 57.8 Å². The Balaban J connectivity index is 1.52. The van der Waals surface area contributed by atoms with Crippen LogP contribution in [0.3, 0.4) is 0 Å². The number of rotatable bonds is 5. The molecular weight excluding hydrogens is 230 g/mol. The highest BCUT2D eigenvalue weighted by atomic mass is 32.1. The number of aromatic nitrogens is 1. The summed E-state index contributed by atoms with van der Waals surface area (Å²) in [5.41, 5.74) is 1.26. The van der Waals surface area contributed by atoms with Gasteiger partial charge in [0.25, 0.3) is 0 Å². The second-order valence-electron chi connectivity index (χ2n) is 5.35. The van der Waals surface area contributed by atoms with Gasteiger partial charge in [-0.05, 0) is 39.2 Å². The van der Waals surface area contributed by atoms with Gasteiger partial charge in [-0.1, -0.05) is 0 Å². The molecule has 0 spiro atoms. The molecule has 1 saturated heterocycles. The molecule has 0 aromatic carbocycles. The maximum absolute atomic E-state index is 4.72. The van der Waals surface area contributed by atoms with Crippen molar-refractivity contribution in [1.82, 2.24) is 15.2 Å². The number of thiazole rings is 1. The van der Waals surface area contributed by atoms with Crippen LogP contribution < -0.4 is 5.32 Å². The highest BCUT2D eigenvalue weighted by Gasteiger charge is 2.22. The maximum atomic E-state index is 4.72. The summed E-state index contributed by atoms with van der Waals surface area (Å²) < 4.78 is 0. The average molecular weight is 251 g/mol. The van der Waals surface area contributed by atoms with Gasteiger partial charge < -0.3 is 5.32 Å². The van der Waals surface area contributed by atoms with Crippen molar-refractivity contribution < 1.29 is 0 Å². The number of nitrogens with zero attached hydrogens (tertiary/aromatic N) is 2. The lowest BCUT2D eigenvalue weighted by Crippen LogP contribution is -2.26. The monoisotopic (exact) mass is 251 g/mol. The smallest absolute Gasteiger partial charge is 0.107 e. The fourth-order valence-corrected chi connectivity index (χ4v) is 3.19. The summed E-state index contributed by atoms with van der Waals surface area (Å²) >= 11 is 1.80. The lowest BCUT2D eigenvalue weighted by atomic mass is 10.2. The van der Waals surface area contributed by atoms with Crippen LogP contribution in [0.4, 0.5) is 0 Å². The van der Waals surface area contributed by atoms with E-state index in [0.29, 0.717) is 0 Å². The molecule has 1 aromatic heterocycles. The van der Waals surface area contributed by atoms with Gasteiger partial charge in [-0.2, -0.15) is 0 Å². The molecule has 1 aliphatic heterocycles. The van der Waals surface area contributed by atoms with Gasteiger partial charge in [0.2, 0.25) is 0 Å². The van der Waals surface area contributed by atoms with Gasteiger partial charge in [0.15, 0.2) is 0 Å². The standard InChI is InChI=1S/C13H21N3S/c1-10-3-2-6-16(10)8-12-9-17-13(15-12)7-14-11-4-5-11/h9-11,14H,2-8H2,1H3. The summed E-state index contributed by atoms with van der Waals surface area (Å²) in [7, 11) is 0. The largest absolute Gasteiger partial charge is 0.308 e. The Morgan fingerprint density at radius 2 is 2.35 bits per heavy atom. The normalized spacial score (nSPS) is 25.6. The third-order valence-corrected chi connectivity index (χ3v) is 4.67. The highest BCUT2D eigenvalue weighted by molar-refractivity contribution is 7.09. The maximum Gasteiger partial charge on any atom is 0.107 e. The summed E-state index contributed by atoms with van der Waals surface area (Å²) in [4.78, 5) is 7.27. The minimum atomic E-state index is 0.740. The molecule has 94 valence electrons. The van der Waals surface area contributed by atoms with Crippen LogP contribution >= 0.6 is 11.3 Å². The first kappa shape index (κ1) is 11.6. The molecule has 0 amide bonds. The molecule has 1 aromatic rings. The fraction of sp³-hybridized carbons (Fsp3) is 0.769. The van der Waals surface area contributed by atoms with E-state index in [-0.39, 0.29) is 0 Å². The molecule has 0 bridgehead atoms. The third-order valence-electron chi connectivity index (χ3n) is 3.77. The zero-order valence-corrected chi connectivity index (χ0v) is 11.3. The van der Waals surface area contributed by atoms with Gasteiger partial charge in [-0.25, -0.2) is 4.98 Å². The molecule has 1 saturated carbocycles. The van der Waals surface area contributed by atoms with Crippen molar-refractivity contribution in [2.75, 3.05) is 6.54 Å². The van der Waals surface area contributed by atoms with E-state index in [1.54, 1.807) is 11.3 Å². The minimum absolute atomic E-state index is 0.740. The quantitative estimate of drug-likeness (QED) is 0.871. The Morgan fingerprint density at radius 3 is 3.06 bits per heavy atom. The van der Waals surface area contributed by atoms with Crippen LogP contribution in [-0.2, 0) is 13.1 Å². The Labute approximate surface area is 107 Å². The molecular formula is C13H21N3S. The van der Waals surface area contributed by atoms with Gasteiger partial charge in [0, 0.05) is 30.6 Å². The van der Waals surface area contributed by atoms with E-state index in [4.69, 9.17) is 4.98 Å². The van der Waals surface area contributed by atoms with E-state index in [1.807, 2.05) is 0 Å². The van der Waals surface area contributed by atoms with Gasteiger partial charge in [0.1, 0.15) is 5.01 Å². The van der Waals surface area contributed by atoms with Crippen molar-refractivity contribution in [1.29, 1.82) is 0 Å². The van der Waals surface area contributed by atoms with Gasteiger partial charge >= 0.3 is 0 Å². The van der Waals surface area contributed by atoms with Gasteiger partial charge in [-0.3, -0.25) is 4.90 Å². The molecule has 1 atom stereocenters. The summed E-state index contributed by atoms with van der Waals surface area (Å²) in [6.45, 7) is 5.58. The van der Waals surface area contributed by atoms with Crippen LogP contribution in [0.2, 0.25) is 0 Å². The first-order valence-electron chi connectivity index (χ1n) is 6.72. The molecule has 2 fully saturated rings. The van der Waals surface area contributed by atoms with Crippen molar-refractivity contribution in [2.24, 2.45) is 0 Å². The topological polar surface area (TPSA) is 28.2 Å². The third kappa shape index (κ3) is 3.06. The zero-order valence-electron chi connectivity index (χ0n) is 10.5. The Bertz CT molecular complexity index is 372. The van der Waals surface area contributed by atoms with Crippen LogP contribution in [0.25, 0.3) is 0 Å². The van der Waals surface area contributed by atoms with E-state index in [2.05, 4.69) is 22.5 Å².